The van der Waals surface area contributed by atoms with Gasteiger partial charge in [-0.15, -0.1) is 0 Å². The van der Waals surface area contributed by atoms with Crippen molar-refractivity contribution in [3.8, 4) is 0 Å². The van der Waals surface area contributed by atoms with Gasteiger partial charge in [-0.2, -0.15) is 0 Å². The third-order valence-corrected chi connectivity index (χ3v) is 17.4. The first-order chi connectivity index (χ1) is 59.9. The molecule has 13 atom stereocenters. The van der Waals surface area contributed by atoms with E-state index in [1.807, 2.05) is 18.2 Å². The molecule has 45 heteroatoms. The Kier molecular flexibility index (Phi) is 50.5. The number of carbonyl (C=O) groups is 18. The van der Waals surface area contributed by atoms with Crippen molar-refractivity contribution in [3.05, 3.63) is 24.3 Å². The Bertz CT molecular complexity index is 3820. The number of rotatable bonds is 50. The maximum Gasteiger partial charge on any atom is 0.408 e. The lowest BCUT2D eigenvalue weighted by molar-refractivity contribution is -0.136. The average Bonchev–Trinajstić information content (AvgIpc) is 0.849. The number of nitrogens with one attached hydrogen (secondary N) is 19. The van der Waals surface area contributed by atoms with Crippen molar-refractivity contribution < 1.29 is 125 Å². The van der Waals surface area contributed by atoms with E-state index in [2.05, 4.69) is 101 Å². The minimum atomic E-state index is -2.00. The van der Waals surface area contributed by atoms with Crippen LogP contribution in [0.1, 0.15) is 224 Å². The summed E-state index contributed by atoms with van der Waals surface area (Å²) in [7, 11) is 0. The van der Waals surface area contributed by atoms with Crippen LogP contribution in [0.4, 0.5) is 28.8 Å². The standard InChI is InChI=1S/C85H149N19O26/c1-48(2)46-60(96-52(6)107)71(116)101-57(33-41-91-76(121)127-82(13,14)15)67(112)100-59(35-43-93-78(123)129-84(19,20)21)70(115)103-62(50(4)105)72(117)87-38-30-56(66(111)98-54(31-39-89-74(119)125-80(7,8)9)65(110)94-47-53-28-26-25-27-29-53)99-68(113)58(34-42-92-77(122)128-83(16,17)18)102-73(118)63(51(5)106)104-69(114)55(32-40-90-75(120)126-81(10,11)12)97-61(108)36-37-86-44-45-88-64(109)49(3)95-79(124)130-85(22,23)24/h25-28,48-51,53-60,62-63,86,105-106H,29-47H2,1-24H3,(H,87,117)(H,88,109)(H,89,119)(H,90,120)(H,91,121)(H,92,122)(H,93,123)(H,94,110)(H,95,124)(H,96,107)(H,97,108)(H,98,111)(H,99,113)(H,100,112)(H,101,116)(H,102,118)(H,103,115)(H,104,114)/t49-,50+,51+,53?,54-,55-,56-,57-,58-,59-,60-,62-,63-/m0/s1. The summed E-state index contributed by atoms with van der Waals surface area (Å²) in [5.74, 6) is -12.0. The first-order valence-electron chi connectivity index (χ1n) is 43.7. The zero-order valence-electron chi connectivity index (χ0n) is 80.0. The Morgan fingerprint density at radius 1 is 0.315 bits per heavy atom. The molecule has 0 radical (unpaired) electrons. The molecule has 0 aromatic heterocycles. The molecule has 18 amide bonds. The van der Waals surface area contributed by atoms with E-state index >= 15 is 9.59 Å². The molecule has 740 valence electrons. The Balaban J connectivity index is 4.16. The number of hydrogen-bond donors (Lipinski definition) is 21. The fourth-order valence-corrected chi connectivity index (χ4v) is 11.6. The van der Waals surface area contributed by atoms with Crippen LogP contribution in [0, 0.1) is 11.8 Å². The van der Waals surface area contributed by atoms with Gasteiger partial charge in [0.25, 0.3) is 0 Å². The monoisotopic (exact) mass is 1850 g/mol. The lowest BCUT2D eigenvalue weighted by Crippen LogP contribution is -2.62. The van der Waals surface area contributed by atoms with Crippen LogP contribution in [0.25, 0.3) is 0 Å². The van der Waals surface area contributed by atoms with E-state index in [4.69, 9.17) is 28.4 Å². The number of amides is 18. The summed E-state index contributed by atoms with van der Waals surface area (Å²) in [6.07, 6.45) is -4.16. The number of allylic oxidation sites excluding steroid dienone is 3. The van der Waals surface area contributed by atoms with Gasteiger partial charge in [-0.3, -0.25) is 57.5 Å². The van der Waals surface area contributed by atoms with Gasteiger partial charge in [-0.05, 0) is 209 Å². The summed E-state index contributed by atoms with van der Waals surface area (Å²) in [5.41, 5.74) is -5.75. The van der Waals surface area contributed by atoms with Gasteiger partial charge >= 0.3 is 36.6 Å². The van der Waals surface area contributed by atoms with Crippen LogP contribution in [0.3, 0.4) is 0 Å². The molecule has 21 N–H and O–H groups in total. The van der Waals surface area contributed by atoms with Gasteiger partial charge in [0.2, 0.25) is 70.9 Å². The Hall–Kier alpha value is -11.4. The number of ether oxygens (including phenoxy) is 6. The third kappa shape index (κ3) is 54.8. The van der Waals surface area contributed by atoms with Crippen molar-refractivity contribution in [1.82, 2.24) is 101 Å². The number of carbonyl (C=O) groups excluding carboxylic acids is 18. The molecule has 45 nitrogen and oxygen atoms in total. The minimum Gasteiger partial charge on any atom is -0.444 e. The summed E-state index contributed by atoms with van der Waals surface area (Å²) in [6.45, 7) is 35.0. The largest absolute Gasteiger partial charge is 0.444 e. The molecule has 1 unspecified atom stereocenters. The highest BCUT2D eigenvalue weighted by atomic mass is 16.6. The normalized spacial score (nSPS) is 15.5. The zero-order chi connectivity index (χ0) is 99.4. The number of aliphatic hydroxyl groups excluding tert-OH is 2. The maximum absolute atomic E-state index is 15.2. The van der Waals surface area contributed by atoms with E-state index in [9.17, 15) is 86.9 Å². The van der Waals surface area contributed by atoms with E-state index in [1.165, 1.54) is 13.8 Å². The smallest absolute Gasteiger partial charge is 0.408 e. The molecule has 1 aliphatic rings. The quantitative estimate of drug-likeness (QED) is 0.0291. The van der Waals surface area contributed by atoms with Crippen LogP contribution in [0.2, 0.25) is 0 Å². The van der Waals surface area contributed by atoms with Gasteiger partial charge in [-0.1, -0.05) is 38.2 Å². The van der Waals surface area contributed by atoms with Crippen molar-refractivity contribution in [2.75, 3.05) is 65.4 Å². The molecule has 0 aromatic carbocycles. The number of aliphatic hydroxyl groups is 2. The minimum absolute atomic E-state index is 0.0213. The SMILES string of the molecule is CC(=O)N[C@@H](CC(C)C)C(=O)N[C@@H](CCNC(=O)OC(C)(C)C)C(=O)N[C@@H](CCNC(=O)OC(C)(C)C)C(=O)N[C@H](C(=O)NCC[C@H](NC(=O)[C@H](CCNC(=O)OC(C)(C)C)NC(=O)[C@@H](NC(=O)[C@H](CCNC(=O)OC(C)(C)C)NC(=O)CCNCCNC(=O)[C@H](C)NC(=O)OC(C)(C)C)[C@@H](C)O)C(=O)N[C@@H](CCNC(=O)OC(C)(C)C)C(=O)NCC1C=CC=CC1)[C@@H](C)O. The van der Waals surface area contributed by atoms with Crippen molar-refractivity contribution in [1.29, 1.82) is 0 Å². The van der Waals surface area contributed by atoms with Crippen LogP contribution >= 0.6 is 0 Å². The number of alkyl carbamates (subject to hydrolysis) is 6. The van der Waals surface area contributed by atoms with Gasteiger partial charge < -0.3 is 140 Å². The third-order valence-electron chi connectivity index (χ3n) is 17.4. The molecule has 0 saturated heterocycles. The lowest BCUT2D eigenvalue weighted by atomic mass is 10.0. The Morgan fingerprint density at radius 3 is 0.954 bits per heavy atom. The molecule has 130 heavy (non-hydrogen) atoms. The maximum atomic E-state index is 15.2. The summed E-state index contributed by atoms with van der Waals surface area (Å²) >= 11 is 0. The molecule has 0 fully saturated rings. The summed E-state index contributed by atoms with van der Waals surface area (Å²) in [5, 5.41) is 71.0. The molecule has 0 spiro atoms. The predicted molar refractivity (Wildman–Crippen MR) is 476 cm³/mol. The zero-order valence-corrected chi connectivity index (χ0v) is 80.0. The highest BCUT2D eigenvalue weighted by Crippen LogP contribution is 2.16. The Labute approximate surface area is 762 Å². The molecule has 0 aromatic rings. The van der Waals surface area contributed by atoms with Crippen LogP contribution in [0.15, 0.2) is 24.3 Å². The van der Waals surface area contributed by atoms with E-state index in [0.29, 0.717) is 6.42 Å². The van der Waals surface area contributed by atoms with Crippen molar-refractivity contribution in [2.24, 2.45) is 11.8 Å². The average molecular weight is 1850 g/mol. The van der Waals surface area contributed by atoms with Gasteiger partial charge in [0, 0.05) is 78.8 Å². The van der Waals surface area contributed by atoms with Crippen molar-refractivity contribution in [3.63, 3.8) is 0 Å². The Morgan fingerprint density at radius 2 is 0.623 bits per heavy atom. The summed E-state index contributed by atoms with van der Waals surface area (Å²) < 4.78 is 32.0. The second kappa shape index (κ2) is 56.3. The first-order valence-corrected chi connectivity index (χ1v) is 43.7. The molecule has 0 heterocycles. The van der Waals surface area contributed by atoms with Crippen LogP contribution in [-0.4, -0.2) is 289 Å². The van der Waals surface area contributed by atoms with Gasteiger partial charge in [0.1, 0.15) is 94.0 Å². The highest BCUT2D eigenvalue weighted by Gasteiger charge is 2.39. The molecular formula is C85H149N19O26. The molecular weight excluding hydrogens is 1700 g/mol. The van der Waals surface area contributed by atoms with Crippen LogP contribution in [-0.2, 0) is 86.0 Å². The molecule has 1 rings (SSSR count). The van der Waals surface area contributed by atoms with Crippen molar-refractivity contribution in [2.45, 2.75) is 330 Å². The van der Waals surface area contributed by atoms with E-state index < -0.39 is 253 Å². The highest BCUT2D eigenvalue weighted by molar-refractivity contribution is 5.98. The number of hydrogen-bond acceptors (Lipinski definition) is 27. The summed E-state index contributed by atoms with van der Waals surface area (Å²) in [6, 6.07) is -16.3. The lowest BCUT2D eigenvalue weighted by Gasteiger charge is -2.29. The van der Waals surface area contributed by atoms with Gasteiger partial charge in [0.05, 0.1) is 12.2 Å². The predicted octanol–water partition coefficient (Wildman–Crippen LogP) is 0.515. The molecule has 0 bridgehead atoms. The van der Waals surface area contributed by atoms with Gasteiger partial charge in [0.15, 0.2) is 0 Å². The topological polar surface area (TPSA) is 632 Å². The van der Waals surface area contributed by atoms with Crippen LogP contribution < -0.4 is 101 Å². The molecule has 0 aliphatic heterocycles. The second-order valence-corrected chi connectivity index (χ2v) is 37.6. The second-order valence-electron chi connectivity index (χ2n) is 37.6. The van der Waals surface area contributed by atoms with Gasteiger partial charge in [-0.25, -0.2) is 28.8 Å². The first kappa shape index (κ1) is 117. The van der Waals surface area contributed by atoms with E-state index in [0.717, 1.165) is 13.8 Å². The summed E-state index contributed by atoms with van der Waals surface area (Å²) in [4.78, 5) is 247. The van der Waals surface area contributed by atoms with E-state index in [1.54, 1.807) is 145 Å². The van der Waals surface area contributed by atoms with E-state index in [-0.39, 0.29) is 89.8 Å². The fraction of sp³-hybridized carbons (Fsp3) is 0.741. The molecule has 1 aliphatic carbocycles. The molecule has 0 saturated carbocycles. The van der Waals surface area contributed by atoms with Crippen molar-refractivity contribution >= 4 is 107 Å². The van der Waals surface area contributed by atoms with Crippen LogP contribution in [0.5, 0.6) is 0 Å². The fourth-order valence-electron chi connectivity index (χ4n) is 11.6.